The number of thioether (sulfide) groups is 2. The van der Waals surface area contributed by atoms with Gasteiger partial charge in [-0.25, -0.2) is 0 Å². The van der Waals surface area contributed by atoms with Crippen molar-refractivity contribution >= 4 is 23.5 Å². The molecule has 1 fully saturated rings. The second-order valence-corrected chi connectivity index (χ2v) is 7.48. The summed E-state index contributed by atoms with van der Waals surface area (Å²) in [6.07, 6.45) is 0. The molecule has 2 unspecified atom stereocenters. The predicted molar refractivity (Wildman–Crippen MR) is 83.9 cm³/mol. The fourth-order valence-electron chi connectivity index (χ4n) is 2.21. The van der Waals surface area contributed by atoms with Crippen molar-refractivity contribution in [1.82, 2.24) is 10.1 Å². The summed E-state index contributed by atoms with van der Waals surface area (Å²) in [4.78, 5) is 4.52. The molecule has 106 valence electrons. The predicted octanol–water partition coefficient (Wildman–Crippen LogP) is 3.03. The molecule has 3 rings (SSSR count). The van der Waals surface area contributed by atoms with Gasteiger partial charge in [0, 0.05) is 16.8 Å². The van der Waals surface area contributed by atoms with Gasteiger partial charge in [-0.2, -0.15) is 16.7 Å². The lowest BCUT2D eigenvalue weighted by Gasteiger charge is -2.24. The number of benzene rings is 1. The standard InChI is InChI=1S/C14H17N3OS2/c1-9-12(20-8-7-19-9)13-16-14(18-17-13)11(15)10-5-3-2-4-6-10/h2-6,9,11-12H,7-8,15H2,1H3/t9?,11-,12?/m1/s1. The van der Waals surface area contributed by atoms with Gasteiger partial charge in [0.05, 0.1) is 5.25 Å². The van der Waals surface area contributed by atoms with E-state index in [9.17, 15) is 0 Å². The number of rotatable bonds is 3. The fourth-order valence-corrected chi connectivity index (χ4v) is 4.89. The highest BCUT2D eigenvalue weighted by atomic mass is 32.2. The molecule has 4 nitrogen and oxygen atoms in total. The topological polar surface area (TPSA) is 64.9 Å². The molecule has 2 aromatic rings. The summed E-state index contributed by atoms with van der Waals surface area (Å²) >= 11 is 3.86. The Morgan fingerprint density at radius 3 is 2.75 bits per heavy atom. The SMILES string of the molecule is CC1SCCSC1c1noc([C@H](N)c2ccccc2)n1. The first-order chi connectivity index (χ1) is 9.75. The number of hydrogen-bond donors (Lipinski definition) is 1. The molecule has 0 radical (unpaired) electrons. The third-order valence-electron chi connectivity index (χ3n) is 3.32. The molecule has 1 aliphatic heterocycles. The van der Waals surface area contributed by atoms with Gasteiger partial charge in [-0.3, -0.25) is 0 Å². The highest BCUT2D eigenvalue weighted by Crippen LogP contribution is 2.41. The lowest BCUT2D eigenvalue weighted by molar-refractivity contribution is 0.362. The Bertz CT molecular complexity index is 561. The molecular formula is C14H17N3OS2. The van der Waals surface area contributed by atoms with Crippen LogP contribution < -0.4 is 5.73 Å². The van der Waals surface area contributed by atoms with Crippen LogP contribution in [0.25, 0.3) is 0 Å². The maximum Gasteiger partial charge on any atom is 0.248 e. The highest BCUT2D eigenvalue weighted by Gasteiger charge is 2.29. The molecule has 2 heterocycles. The van der Waals surface area contributed by atoms with Crippen molar-refractivity contribution in [3.8, 4) is 0 Å². The van der Waals surface area contributed by atoms with Crippen LogP contribution in [0.15, 0.2) is 34.9 Å². The number of hydrogen-bond acceptors (Lipinski definition) is 6. The minimum atomic E-state index is -0.353. The van der Waals surface area contributed by atoms with Gasteiger partial charge in [0.2, 0.25) is 5.89 Å². The molecule has 6 heteroatoms. The van der Waals surface area contributed by atoms with Gasteiger partial charge in [-0.05, 0) is 5.56 Å². The van der Waals surface area contributed by atoms with Crippen LogP contribution in [0.2, 0.25) is 0 Å². The van der Waals surface area contributed by atoms with E-state index in [1.54, 1.807) is 0 Å². The van der Waals surface area contributed by atoms with E-state index in [1.165, 1.54) is 5.75 Å². The van der Waals surface area contributed by atoms with Crippen LogP contribution in [0.5, 0.6) is 0 Å². The summed E-state index contributed by atoms with van der Waals surface area (Å²) in [7, 11) is 0. The first-order valence-electron chi connectivity index (χ1n) is 6.63. The van der Waals surface area contributed by atoms with Gasteiger partial charge in [0.1, 0.15) is 6.04 Å². The first kappa shape index (κ1) is 14.0. The van der Waals surface area contributed by atoms with Crippen LogP contribution in [0, 0.1) is 0 Å². The Labute approximate surface area is 126 Å². The number of nitrogens with zero attached hydrogens (tertiary/aromatic N) is 2. The minimum Gasteiger partial charge on any atom is -0.337 e. The molecule has 2 N–H and O–H groups in total. The third kappa shape index (κ3) is 2.87. The molecule has 1 aromatic carbocycles. The van der Waals surface area contributed by atoms with Crippen molar-refractivity contribution in [2.45, 2.75) is 23.5 Å². The maximum atomic E-state index is 6.19. The van der Waals surface area contributed by atoms with Crippen molar-refractivity contribution in [2.24, 2.45) is 5.73 Å². The Hall–Kier alpha value is -0.980. The molecule has 0 bridgehead atoms. The van der Waals surface area contributed by atoms with Crippen molar-refractivity contribution in [3.05, 3.63) is 47.6 Å². The molecule has 0 aliphatic carbocycles. The van der Waals surface area contributed by atoms with E-state index >= 15 is 0 Å². The van der Waals surface area contributed by atoms with Crippen LogP contribution in [0.4, 0.5) is 0 Å². The monoisotopic (exact) mass is 307 g/mol. The molecular weight excluding hydrogens is 290 g/mol. The van der Waals surface area contributed by atoms with Crippen molar-refractivity contribution in [3.63, 3.8) is 0 Å². The van der Waals surface area contributed by atoms with E-state index in [1.807, 2.05) is 53.9 Å². The zero-order chi connectivity index (χ0) is 13.9. The molecule has 1 aromatic heterocycles. The van der Waals surface area contributed by atoms with Gasteiger partial charge in [-0.1, -0.05) is 42.4 Å². The lowest BCUT2D eigenvalue weighted by atomic mass is 10.1. The van der Waals surface area contributed by atoms with Gasteiger partial charge < -0.3 is 10.3 Å². The summed E-state index contributed by atoms with van der Waals surface area (Å²) in [5, 5.41) is 4.94. The summed E-state index contributed by atoms with van der Waals surface area (Å²) in [5.41, 5.74) is 7.17. The summed E-state index contributed by atoms with van der Waals surface area (Å²) in [5.74, 6) is 3.59. The zero-order valence-corrected chi connectivity index (χ0v) is 12.9. The van der Waals surface area contributed by atoms with Gasteiger partial charge >= 0.3 is 0 Å². The first-order valence-corrected chi connectivity index (χ1v) is 8.72. The zero-order valence-electron chi connectivity index (χ0n) is 11.2. The second kappa shape index (κ2) is 6.20. The molecule has 20 heavy (non-hydrogen) atoms. The third-order valence-corrected chi connectivity index (χ3v) is 6.41. The average molecular weight is 307 g/mol. The molecule has 0 amide bonds. The van der Waals surface area contributed by atoms with E-state index < -0.39 is 0 Å². The Kier molecular flexibility index (Phi) is 4.33. The van der Waals surface area contributed by atoms with Crippen LogP contribution in [-0.2, 0) is 0 Å². The highest BCUT2D eigenvalue weighted by molar-refractivity contribution is 8.06. The Balaban J connectivity index is 1.79. The van der Waals surface area contributed by atoms with Crippen LogP contribution >= 0.6 is 23.5 Å². The number of aromatic nitrogens is 2. The van der Waals surface area contributed by atoms with Crippen molar-refractivity contribution in [1.29, 1.82) is 0 Å². The quantitative estimate of drug-likeness (QED) is 0.940. The fraction of sp³-hybridized carbons (Fsp3) is 0.429. The number of nitrogens with two attached hydrogens (primary N) is 1. The molecule has 1 saturated heterocycles. The van der Waals surface area contributed by atoms with Gasteiger partial charge in [0.15, 0.2) is 5.82 Å². The van der Waals surface area contributed by atoms with Crippen molar-refractivity contribution in [2.75, 3.05) is 11.5 Å². The van der Waals surface area contributed by atoms with Crippen LogP contribution in [0.3, 0.4) is 0 Å². The summed E-state index contributed by atoms with van der Waals surface area (Å²) in [6.45, 7) is 2.22. The molecule has 3 atom stereocenters. The average Bonchev–Trinajstić information content (AvgIpc) is 2.97. The van der Waals surface area contributed by atoms with E-state index in [2.05, 4.69) is 17.1 Å². The second-order valence-electron chi connectivity index (χ2n) is 4.75. The van der Waals surface area contributed by atoms with E-state index in [0.717, 1.165) is 17.1 Å². The largest absolute Gasteiger partial charge is 0.337 e. The van der Waals surface area contributed by atoms with Crippen LogP contribution in [0.1, 0.15) is 35.5 Å². The van der Waals surface area contributed by atoms with Crippen molar-refractivity contribution < 1.29 is 4.52 Å². The minimum absolute atomic E-state index is 0.300. The van der Waals surface area contributed by atoms with E-state index in [-0.39, 0.29) is 6.04 Å². The van der Waals surface area contributed by atoms with E-state index in [0.29, 0.717) is 16.4 Å². The van der Waals surface area contributed by atoms with Gasteiger partial charge in [0.25, 0.3) is 0 Å². The Morgan fingerprint density at radius 1 is 1.25 bits per heavy atom. The van der Waals surface area contributed by atoms with Crippen LogP contribution in [-0.4, -0.2) is 26.9 Å². The summed E-state index contributed by atoms with van der Waals surface area (Å²) < 4.78 is 5.37. The lowest BCUT2D eigenvalue weighted by Crippen LogP contribution is -2.17. The molecule has 0 saturated carbocycles. The maximum absolute atomic E-state index is 6.19. The molecule has 1 aliphatic rings. The smallest absolute Gasteiger partial charge is 0.248 e. The van der Waals surface area contributed by atoms with Gasteiger partial charge in [-0.15, -0.1) is 11.8 Å². The Morgan fingerprint density at radius 2 is 2.00 bits per heavy atom. The molecule has 0 spiro atoms. The normalized spacial score (nSPS) is 24.5. The summed E-state index contributed by atoms with van der Waals surface area (Å²) in [6, 6.07) is 9.48. The van der Waals surface area contributed by atoms with E-state index in [4.69, 9.17) is 10.3 Å².